The molecule has 0 bridgehead atoms. The van der Waals surface area contributed by atoms with Gasteiger partial charge in [0.05, 0.1) is 34.1 Å². The first kappa shape index (κ1) is 24.7. The zero-order chi connectivity index (χ0) is 25.0. The monoisotopic (exact) mass is 560 g/mol. The fourth-order valence-corrected chi connectivity index (χ4v) is 4.20. The summed E-state index contributed by atoms with van der Waals surface area (Å²) < 4.78 is 40.2. The Morgan fingerprint density at radius 2 is 1.74 bits per heavy atom. The lowest BCUT2D eigenvalue weighted by Gasteiger charge is -2.13. The summed E-state index contributed by atoms with van der Waals surface area (Å²) in [5.41, 5.74) is 2.80. The second-order valence-electron chi connectivity index (χ2n) is 7.23. The van der Waals surface area contributed by atoms with Gasteiger partial charge in [-0.25, -0.2) is 10.4 Å². The number of aromatic nitrogens is 2. The van der Waals surface area contributed by atoms with Gasteiger partial charge in [0.1, 0.15) is 0 Å². The van der Waals surface area contributed by atoms with Gasteiger partial charge in [-0.15, -0.1) is 0 Å². The number of carbonyl (C=O) groups is 1. The average Bonchev–Trinajstić information content (AvgIpc) is 2.83. The molecule has 1 N–H and O–H groups in total. The molecule has 4 rings (SSSR count). The number of benzene rings is 3. The number of nitrogens with zero attached hydrogens (tertiary/aromatic N) is 3. The van der Waals surface area contributed by atoms with Gasteiger partial charge < -0.3 is 0 Å². The Labute approximate surface area is 210 Å². The molecule has 0 aliphatic rings. The standard InChI is InChI=1S/C24H16BrF3N4O2S/c25-17-9-11-18(12-10-17)32-22(34)19-3-1-2-4-20(19)30-23(32)35-14-21(33)31-29-13-15-5-7-16(8-6-15)24(26,27)28/h1-13H,14H2,(H,31,33)/b29-13-. The van der Waals surface area contributed by atoms with Crippen molar-refractivity contribution in [3.8, 4) is 5.69 Å². The van der Waals surface area contributed by atoms with E-state index in [1.54, 1.807) is 48.5 Å². The van der Waals surface area contributed by atoms with E-state index in [1.165, 1.54) is 22.9 Å². The maximum absolute atomic E-state index is 13.2. The summed E-state index contributed by atoms with van der Waals surface area (Å²) in [5.74, 6) is -0.561. The van der Waals surface area contributed by atoms with Crippen molar-refractivity contribution in [1.29, 1.82) is 0 Å². The Kier molecular flexibility index (Phi) is 7.37. The van der Waals surface area contributed by atoms with E-state index < -0.39 is 17.6 Å². The molecule has 4 aromatic rings. The quantitative estimate of drug-likeness (QED) is 0.148. The van der Waals surface area contributed by atoms with Crippen molar-refractivity contribution in [2.75, 3.05) is 5.75 Å². The lowest BCUT2D eigenvalue weighted by molar-refractivity contribution is -0.137. The summed E-state index contributed by atoms with van der Waals surface area (Å²) in [6, 6.07) is 18.5. The Morgan fingerprint density at radius 1 is 1.06 bits per heavy atom. The van der Waals surface area contributed by atoms with E-state index in [2.05, 4.69) is 31.4 Å². The number of fused-ring (bicyclic) bond motifs is 1. The summed E-state index contributed by atoms with van der Waals surface area (Å²) >= 11 is 4.44. The van der Waals surface area contributed by atoms with Crippen LogP contribution in [0.25, 0.3) is 16.6 Å². The molecule has 0 saturated carbocycles. The van der Waals surface area contributed by atoms with Crippen molar-refractivity contribution in [2.45, 2.75) is 11.3 Å². The first-order valence-corrected chi connectivity index (χ1v) is 11.9. The highest BCUT2D eigenvalue weighted by Gasteiger charge is 2.29. The Morgan fingerprint density at radius 3 is 2.43 bits per heavy atom. The summed E-state index contributed by atoms with van der Waals surface area (Å²) in [6.07, 6.45) is -3.18. The topological polar surface area (TPSA) is 76.3 Å². The minimum absolute atomic E-state index is 0.0916. The number of rotatable bonds is 6. The predicted molar refractivity (Wildman–Crippen MR) is 133 cm³/mol. The van der Waals surface area contributed by atoms with Gasteiger partial charge in [0.15, 0.2) is 5.16 Å². The fourth-order valence-electron chi connectivity index (χ4n) is 3.13. The van der Waals surface area contributed by atoms with Crippen molar-refractivity contribution >= 4 is 50.7 Å². The average molecular weight is 561 g/mol. The van der Waals surface area contributed by atoms with E-state index in [0.717, 1.165) is 28.4 Å². The molecule has 0 aliphatic heterocycles. The second-order valence-corrected chi connectivity index (χ2v) is 9.09. The fraction of sp³-hybridized carbons (Fsp3) is 0.0833. The van der Waals surface area contributed by atoms with E-state index >= 15 is 0 Å². The maximum Gasteiger partial charge on any atom is 0.416 e. The Balaban J connectivity index is 1.50. The summed E-state index contributed by atoms with van der Waals surface area (Å²) in [4.78, 5) is 30.1. The summed E-state index contributed by atoms with van der Waals surface area (Å²) in [5, 5.41) is 4.57. The number of halogens is 4. The highest BCUT2D eigenvalue weighted by atomic mass is 79.9. The molecule has 1 heterocycles. The summed E-state index contributed by atoms with van der Waals surface area (Å²) in [6.45, 7) is 0. The lowest BCUT2D eigenvalue weighted by atomic mass is 10.1. The van der Waals surface area contributed by atoms with Gasteiger partial charge in [-0.3, -0.25) is 14.2 Å². The number of hydrogen-bond donors (Lipinski definition) is 1. The zero-order valence-corrected chi connectivity index (χ0v) is 20.2. The SMILES string of the molecule is O=C(CSc1nc2ccccc2c(=O)n1-c1ccc(Br)cc1)N/N=C\c1ccc(C(F)(F)F)cc1. The van der Waals surface area contributed by atoms with Crippen molar-refractivity contribution < 1.29 is 18.0 Å². The number of para-hydroxylation sites is 1. The zero-order valence-electron chi connectivity index (χ0n) is 17.8. The van der Waals surface area contributed by atoms with Crippen molar-refractivity contribution in [1.82, 2.24) is 15.0 Å². The number of nitrogens with one attached hydrogen (secondary N) is 1. The Hall–Kier alpha value is -3.44. The van der Waals surface area contributed by atoms with Crippen LogP contribution < -0.4 is 11.0 Å². The normalized spacial score (nSPS) is 11.8. The number of thioether (sulfide) groups is 1. The molecule has 1 aromatic heterocycles. The third-order valence-corrected chi connectivity index (χ3v) is 6.27. The molecule has 6 nitrogen and oxygen atoms in total. The largest absolute Gasteiger partial charge is 0.416 e. The van der Waals surface area contributed by atoms with Gasteiger partial charge in [-0.1, -0.05) is 52.0 Å². The molecular formula is C24H16BrF3N4O2S. The first-order valence-electron chi connectivity index (χ1n) is 10.1. The second kappa shape index (κ2) is 10.4. The van der Waals surface area contributed by atoms with E-state index in [9.17, 15) is 22.8 Å². The number of alkyl halides is 3. The van der Waals surface area contributed by atoms with E-state index in [-0.39, 0.29) is 11.3 Å². The van der Waals surface area contributed by atoms with Crippen LogP contribution >= 0.6 is 27.7 Å². The number of hydrazone groups is 1. The van der Waals surface area contributed by atoms with Crippen LogP contribution in [0.4, 0.5) is 13.2 Å². The van der Waals surface area contributed by atoms with Crippen LogP contribution in [0.15, 0.2) is 92.3 Å². The molecule has 0 radical (unpaired) electrons. The van der Waals surface area contributed by atoms with Gasteiger partial charge >= 0.3 is 6.18 Å². The van der Waals surface area contributed by atoms with Crippen LogP contribution in [0.2, 0.25) is 0 Å². The molecule has 0 saturated heterocycles. The van der Waals surface area contributed by atoms with E-state index in [4.69, 9.17) is 0 Å². The van der Waals surface area contributed by atoms with Gasteiger partial charge in [0.2, 0.25) is 0 Å². The molecule has 178 valence electrons. The molecule has 11 heteroatoms. The molecule has 0 fully saturated rings. The smallest absolute Gasteiger partial charge is 0.272 e. The van der Waals surface area contributed by atoms with E-state index in [0.29, 0.717) is 27.3 Å². The van der Waals surface area contributed by atoms with Crippen molar-refractivity contribution in [2.24, 2.45) is 5.10 Å². The van der Waals surface area contributed by atoms with Crippen molar-refractivity contribution in [3.05, 3.63) is 98.7 Å². The molecule has 1 amide bonds. The minimum Gasteiger partial charge on any atom is -0.272 e. The molecular weight excluding hydrogens is 545 g/mol. The molecule has 35 heavy (non-hydrogen) atoms. The summed E-state index contributed by atoms with van der Waals surface area (Å²) in [7, 11) is 0. The predicted octanol–water partition coefficient (Wildman–Crippen LogP) is 5.41. The minimum atomic E-state index is -4.42. The maximum atomic E-state index is 13.2. The van der Waals surface area contributed by atoms with Crippen LogP contribution in [-0.2, 0) is 11.0 Å². The van der Waals surface area contributed by atoms with Crippen LogP contribution in [0, 0.1) is 0 Å². The molecule has 0 aliphatic carbocycles. The molecule has 0 unspecified atom stereocenters. The third kappa shape index (κ3) is 5.98. The number of amides is 1. The molecule has 0 spiro atoms. The van der Waals surface area contributed by atoms with Gasteiger partial charge in [0.25, 0.3) is 11.5 Å². The van der Waals surface area contributed by atoms with Crippen LogP contribution in [0.1, 0.15) is 11.1 Å². The number of carbonyl (C=O) groups excluding carboxylic acids is 1. The van der Waals surface area contributed by atoms with E-state index in [1.807, 2.05) is 0 Å². The Bertz CT molecular complexity index is 1450. The van der Waals surface area contributed by atoms with Crippen LogP contribution in [-0.4, -0.2) is 27.4 Å². The molecule has 3 aromatic carbocycles. The lowest BCUT2D eigenvalue weighted by Crippen LogP contribution is -2.24. The highest BCUT2D eigenvalue weighted by Crippen LogP contribution is 2.29. The van der Waals surface area contributed by atoms with Gasteiger partial charge in [-0.05, 0) is 54.1 Å². The number of hydrogen-bond acceptors (Lipinski definition) is 5. The van der Waals surface area contributed by atoms with Crippen LogP contribution in [0.3, 0.4) is 0 Å². The van der Waals surface area contributed by atoms with Crippen LogP contribution in [0.5, 0.6) is 0 Å². The third-order valence-electron chi connectivity index (χ3n) is 4.80. The first-order chi connectivity index (χ1) is 16.7. The van der Waals surface area contributed by atoms with Crippen molar-refractivity contribution in [3.63, 3.8) is 0 Å². The van der Waals surface area contributed by atoms with Gasteiger partial charge in [-0.2, -0.15) is 18.3 Å². The molecule has 0 atom stereocenters. The van der Waals surface area contributed by atoms with Gasteiger partial charge in [0, 0.05) is 4.47 Å². The highest BCUT2D eigenvalue weighted by molar-refractivity contribution is 9.10.